The van der Waals surface area contributed by atoms with Gasteiger partial charge in [0.15, 0.2) is 5.96 Å². The second-order valence-corrected chi connectivity index (χ2v) is 6.71. The summed E-state index contributed by atoms with van der Waals surface area (Å²) in [5.41, 5.74) is 3.26. The molecular weight excluding hydrogens is 431 g/mol. The van der Waals surface area contributed by atoms with E-state index in [1.54, 1.807) is 7.05 Å². The van der Waals surface area contributed by atoms with Crippen LogP contribution >= 0.6 is 24.0 Å². The van der Waals surface area contributed by atoms with Crippen molar-refractivity contribution in [3.63, 3.8) is 0 Å². The number of halogens is 1. The third kappa shape index (κ3) is 10.2. The number of aryl methyl sites for hydroxylation is 2. The van der Waals surface area contributed by atoms with E-state index in [2.05, 4.69) is 53.0 Å². The summed E-state index contributed by atoms with van der Waals surface area (Å²) in [4.78, 5) is 15.7. The first-order valence-corrected chi connectivity index (χ1v) is 8.19. The van der Waals surface area contributed by atoms with Crippen molar-refractivity contribution in [1.29, 1.82) is 0 Å². The van der Waals surface area contributed by atoms with Crippen LogP contribution in [-0.4, -0.2) is 37.8 Å². The molecular formula is C18H31IN4O2. The number of aliphatic imine (C=N–C) groups is 1. The molecule has 0 atom stereocenters. The van der Waals surface area contributed by atoms with Crippen LogP contribution < -0.4 is 16.0 Å². The Hall–Kier alpha value is -1.51. The molecule has 1 amide bonds. The molecule has 3 N–H and O–H groups in total. The molecule has 6 nitrogen and oxygen atoms in total. The summed E-state index contributed by atoms with van der Waals surface area (Å²) in [6, 6.07) is 6.39. The van der Waals surface area contributed by atoms with E-state index in [0.29, 0.717) is 25.6 Å². The first kappa shape index (κ1) is 23.5. The zero-order chi connectivity index (χ0) is 18.2. The Kier molecular flexibility index (Phi) is 10.5. The number of hydrogen-bond acceptors (Lipinski definition) is 3. The van der Waals surface area contributed by atoms with Crippen LogP contribution in [0.2, 0.25) is 0 Å². The monoisotopic (exact) mass is 462 g/mol. The van der Waals surface area contributed by atoms with Crippen molar-refractivity contribution in [3.8, 4) is 0 Å². The van der Waals surface area contributed by atoms with Crippen molar-refractivity contribution in [1.82, 2.24) is 16.0 Å². The molecule has 1 aromatic rings. The van der Waals surface area contributed by atoms with Gasteiger partial charge in [0.1, 0.15) is 5.60 Å². The molecule has 0 radical (unpaired) electrons. The molecule has 142 valence electrons. The molecule has 0 saturated heterocycles. The number of carbonyl (C=O) groups excluding carboxylic acids is 1. The summed E-state index contributed by atoms with van der Waals surface area (Å²) in [7, 11) is 1.72. The average Bonchev–Trinajstić information content (AvgIpc) is 2.46. The van der Waals surface area contributed by atoms with Gasteiger partial charge in [0.25, 0.3) is 0 Å². The van der Waals surface area contributed by atoms with Crippen LogP contribution in [0.4, 0.5) is 4.79 Å². The molecule has 1 rings (SSSR count). The molecule has 25 heavy (non-hydrogen) atoms. The molecule has 0 fully saturated rings. The third-order valence-corrected chi connectivity index (χ3v) is 3.25. The summed E-state index contributed by atoms with van der Waals surface area (Å²) in [5, 5.41) is 9.13. The van der Waals surface area contributed by atoms with Crippen molar-refractivity contribution < 1.29 is 9.53 Å². The third-order valence-electron chi connectivity index (χ3n) is 3.25. The van der Waals surface area contributed by atoms with Gasteiger partial charge in [-0.1, -0.05) is 23.8 Å². The Morgan fingerprint density at radius 2 is 1.76 bits per heavy atom. The summed E-state index contributed by atoms with van der Waals surface area (Å²) < 4.78 is 5.18. The van der Waals surface area contributed by atoms with Crippen LogP contribution in [-0.2, 0) is 11.3 Å². The van der Waals surface area contributed by atoms with Crippen molar-refractivity contribution in [2.75, 3.05) is 20.1 Å². The maximum Gasteiger partial charge on any atom is 0.407 e. The number of amides is 1. The van der Waals surface area contributed by atoms with E-state index in [0.717, 1.165) is 0 Å². The first-order valence-electron chi connectivity index (χ1n) is 8.19. The van der Waals surface area contributed by atoms with Crippen molar-refractivity contribution in [2.45, 2.75) is 46.8 Å². The molecule has 0 aliphatic rings. The smallest absolute Gasteiger partial charge is 0.407 e. The number of alkyl carbamates (subject to hydrolysis) is 1. The minimum absolute atomic E-state index is 0. The summed E-state index contributed by atoms with van der Waals surface area (Å²) in [6.07, 6.45) is -0.414. The lowest BCUT2D eigenvalue weighted by molar-refractivity contribution is 0.0529. The lowest BCUT2D eigenvalue weighted by Crippen LogP contribution is -2.42. The molecule has 1 aromatic carbocycles. The van der Waals surface area contributed by atoms with E-state index < -0.39 is 11.7 Å². The minimum atomic E-state index is -0.485. The van der Waals surface area contributed by atoms with E-state index in [1.165, 1.54) is 16.7 Å². The van der Waals surface area contributed by atoms with Crippen LogP contribution in [0.15, 0.2) is 23.2 Å². The molecule has 7 heteroatoms. The predicted molar refractivity (Wildman–Crippen MR) is 114 cm³/mol. The SMILES string of the molecule is CN=C(NCCNC(=O)OC(C)(C)C)NCc1ccc(C)cc1C.I. The van der Waals surface area contributed by atoms with Crippen LogP contribution in [0.3, 0.4) is 0 Å². The quantitative estimate of drug-likeness (QED) is 0.272. The van der Waals surface area contributed by atoms with Gasteiger partial charge in [-0.25, -0.2) is 4.79 Å². The Morgan fingerprint density at radius 3 is 2.32 bits per heavy atom. The standard InChI is InChI=1S/C18H30N4O2.HI/c1-13-7-8-15(14(2)11-13)12-22-16(19-6)20-9-10-21-17(23)24-18(3,4)5;/h7-8,11H,9-10,12H2,1-6H3,(H,21,23)(H2,19,20,22);1H. The van der Waals surface area contributed by atoms with Crippen LogP contribution in [0.5, 0.6) is 0 Å². The Bertz CT molecular complexity index is 583. The lowest BCUT2D eigenvalue weighted by atomic mass is 10.1. The highest BCUT2D eigenvalue weighted by Gasteiger charge is 2.15. The zero-order valence-corrected chi connectivity index (χ0v) is 18.4. The van der Waals surface area contributed by atoms with E-state index in [9.17, 15) is 4.79 Å². The Morgan fingerprint density at radius 1 is 1.12 bits per heavy atom. The van der Waals surface area contributed by atoms with Gasteiger partial charge in [-0.05, 0) is 45.7 Å². The summed E-state index contributed by atoms with van der Waals surface area (Å²) in [6.45, 7) is 11.4. The van der Waals surface area contributed by atoms with Crippen molar-refractivity contribution in [2.24, 2.45) is 4.99 Å². The highest BCUT2D eigenvalue weighted by molar-refractivity contribution is 14.0. The van der Waals surface area contributed by atoms with Gasteiger partial charge in [0, 0.05) is 26.7 Å². The molecule has 0 bridgehead atoms. The van der Waals surface area contributed by atoms with Gasteiger partial charge in [0.2, 0.25) is 0 Å². The molecule has 0 saturated carbocycles. The van der Waals surface area contributed by atoms with Gasteiger partial charge in [0.05, 0.1) is 0 Å². The van der Waals surface area contributed by atoms with Crippen LogP contribution in [0.1, 0.15) is 37.5 Å². The number of ether oxygens (including phenoxy) is 1. The van der Waals surface area contributed by atoms with Gasteiger partial charge >= 0.3 is 6.09 Å². The number of carbonyl (C=O) groups is 1. The zero-order valence-electron chi connectivity index (χ0n) is 16.0. The molecule has 0 spiro atoms. The fraction of sp³-hybridized carbons (Fsp3) is 0.556. The van der Waals surface area contributed by atoms with Crippen molar-refractivity contribution >= 4 is 36.0 Å². The highest BCUT2D eigenvalue weighted by atomic mass is 127. The fourth-order valence-electron chi connectivity index (χ4n) is 2.10. The minimum Gasteiger partial charge on any atom is -0.444 e. The summed E-state index contributed by atoms with van der Waals surface area (Å²) >= 11 is 0. The second kappa shape index (κ2) is 11.2. The molecule has 0 heterocycles. The largest absolute Gasteiger partial charge is 0.444 e. The number of nitrogens with zero attached hydrogens (tertiary/aromatic N) is 1. The van der Waals surface area contributed by atoms with Gasteiger partial charge < -0.3 is 20.7 Å². The first-order chi connectivity index (χ1) is 11.2. The van der Waals surface area contributed by atoms with E-state index >= 15 is 0 Å². The molecule has 0 aliphatic carbocycles. The van der Waals surface area contributed by atoms with E-state index in [4.69, 9.17) is 4.74 Å². The van der Waals surface area contributed by atoms with E-state index in [-0.39, 0.29) is 24.0 Å². The van der Waals surface area contributed by atoms with Gasteiger partial charge in [-0.3, -0.25) is 4.99 Å². The fourth-order valence-corrected chi connectivity index (χ4v) is 2.10. The topological polar surface area (TPSA) is 74.8 Å². The maximum absolute atomic E-state index is 11.5. The van der Waals surface area contributed by atoms with Gasteiger partial charge in [-0.2, -0.15) is 0 Å². The lowest BCUT2D eigenvalue weighted by Gasteiger charge is -2.20. The highest BCUT2D eigenvalue weighted by Crippen LogP contribution is 2.10. The van der Waals surface area contributed by atoms with Crippen LogP contribution in [0, 0.1) is 13.8 Å². The average molecular weight is 462 g/mol. The number of hydrogen-bond donors (Lipinski definition) is 3. The normalized spacial score (nSPS) is 11.4. The number of nitrogens with one attached hydrogen (secondary N) is 3. The molecule has 0 unspecified atom stereocenters. The second-order valence-electron chi connectivity index (χ2n) is 6.71. The molecule has 0 aromatic heterocycles. The number of benzene rings is 1. The predicted octanol–water partition coefficient (Wildman–Crippen LogP) is 3.11. The Balaban J connectivity index is 0.00000576. The van der Waals surface area contributed by atoms with Crippen LogP contribution in [0.25, 0.3) is 0 Å². The van der Waals surface area contributed by atoms with E-state index in [1.807, 2.05) is 20.8 Å². The van der Waals surface area contributed by atoms with Gasteiger partial charge in [-0.15, -0.1) is 24.0 Å². The molecule has 0 aliphatic heterocycles. The maximum atomic E-state index is 11.5. The summed E-state index contributed by atoms with van der Waals surface area (Å²) in [5.74, 6) is 0.695. The Labute approximate surface area is 168 Å². The van der Waals surface area contributed by atoms with Crippen molar-refractivity contribution in [3.05, 3.63) is 34.9 Å². The number of rotatable bonds is 5. The number of guanidine groups is 1.